The van der Waals surface area contributed by atoms with E-state index in [0.29, 0.717) is 12.2 Å². The highest BCUT2D eigenvalue weighted by atomic mass is 32.2. The lowest BCUT2D eigenvalue weighted by molar-refractivity contribution is -0.141. The van der Waals surface area contributed by atoms with Gasteiger partial charge in [0.25, 0.3) is 0 Å². The molecule has 0 fully saturated rings. The molecule has 2 N–H and O–H groups in total. The number of thioether (sulfide) groups is 2. The van der Waals surface area contributed by atoms with Crippen LogP contribution in [0, 0.1) is 0 Å². The van der Waals surface area contributed by atoms with Crippen molar-refractivity contribution in [3.05, 3.63) is 0 Å². The van der Waals surface area contributed by atoms with Crippen molar-refractivity contribution in [1.82, 2.24) is 5.32 Å². The SMILES string of the molecule is CSCC[C@H](NC(=O)CSC)C(=O)O. The second-order valence-corrected chi connectivity index (χ2v) is 4.52. The van der Waals surface area contributed by atoms with Gasteiger partial charge in [0.2, 0.25) is 5.91 Å². The monoisotopic (exact) mass is 237 g/mol. The average molecular weight is 237 g/mol. The Balaban J connectivity index is 3.95. The highest BCUT2D eigenvalue weighted by Gasteiger charge is 2.18. The molecule has 0 aromatic carbocycles. The quantitative estimate of drug-likeness (QED) is 0.681. The third-order valence-electron chi connectivity index (χ3n) is 1.52. The van der Waals surface area contributed by atoms with E-state index in [4.69, 9.17) is 5.11 Å². The van der Waals surface area contributed by atoms with Gasteiger partial charge in [0.15, 0.2) is 0 Å². The molecule has 0 radical (unpaired) electrons. The van der Waals surface area contributed by atoms with Crippen molar-refractivity contribution in [2.45, 2.75) is 12.5 Å². The fraction of sp³-hybridized carbons (Fsp3) is 0.750. The first-order valence-electron chi connectivity index (χ1n) is 4.11. The van der Waals surface area contributed by atoms with Gasteiger partial charge in [-0.25, -0.2) is 4.79 Å². The predicted octanol–water partition coefficient (Wildman–Crippen LogP) is 0.672. The summed E-state index contributed by atoms with van der Waals surface area (Å²) in [5, 5.41) is 11.3. The molecule has 82 valence electrons. The molecule has 0 aliphatic heterocycles. The van der Waals surface area contributed by atoms with E-state index in [1.165, 1.54) is 11.8 Å². The van der Waals surface area contributed by atoms with Crippen LogP contribution in [-0.2, 0) is 9.59 Å². The first kappa shape index (κ1) is 13.6. The molecule has 0 spiro atoms. The highest BCUT2D eigenvalue weighted by Crippen LogP contribution is 2.01. The number of amides is 1. The molecule has 0 aromatic rings. The average Bonchev–Trinajstić information content (AvgIpc) is 2.12. The van der Waals surface area contributed by atoms with E-state index in [2.05, 4.69) is 5.32 Å². The molecule has 1 amide bonds. The summed E-state index contributed by atoms with van der Waals surface area (Å²) >= 11 is 2.95. The first-order chi connectivity index (χ1) is 6.61. The molecule has 0 aliphatic carbocycles. The van der Waals surface area contributed by atoms with Crippen LogP contribution in [0.3, 0.4) is 0 Å². The third kappa shape index (κ3) is 6.15. The van der Waals surface area contributed by atoms with Gasteiger partial charge in [-0.05, 0) is 24.7 Å². The number of rotatable bonds is 7. The zero-order valence-electron chi connectivity index (χ0n) is 8.28. The van der Waals surface area contributed by atoms with Gasteiger partial charge in [-0.3, -0.25) is 4.79 Å². The van der Waals surface area contributed by atoms with Crippen molar-refractivity contribution < 1.29 is 14.7 Å². The fourth-order valence-electron chi connectivity index (χ4n) is 0.860. The minimum absolute atomic E-state index is 0.217. The Morgan fingerprint density at radius 1 is 1.36 bits per heavy atom. The molecule has 4 nitrogen and oxygen atoms in total. The Labute approximate surface area is 92.2 Å². The Morgan fingerprint density at radius 2 is 2.00 bits per heavy atom. The van der Waals surface area contributed by atoms with Gasteiger partial charge in [0.1, 0.15) is 6.04 Å². The molecule has 0 bridgehead atoms. The lowest BCUT2D eigenvalue weighted by Crippen LogP contribution is -2.42. The van der Waals surface area contributed by atoms with Crippen LogP contribution in [0.5, 0.6) is 0 Å². The molecular weight excluding hydrogens is 222 g/mol. The van der Waals surface area contributed by atoms with Crippen LogP contribution in [0.1, 0.15) is 6.42 Å². The predicted molar refractivity (Wildman–Crippen MR) is 60.9 cm³/mol. The summed E-state index contributed by atoms with van der Waals surface area (Å²) in [6.45, 7) is 0. The van der Waals surface area contributed by atoms with Crippen LogP contribution in [0.2, 0.25) is 0 Å². The lowest BCUT2D eigenvalue weighted by Gasteiger charge is -2.13. The molecule has 0 saturated heterocycles. The number of carboxylic acids is 1. The van der Waals surface area contributed by atoms with E-state index in [1.807, 2.05) is 6.26 Å². The summed E-state index contributed by atoms with van der Waals surface area (Å²) in [5.74, 6) is -0.140. The number of nitrogens with one attached hydrogen (secondary N) is 1. The van der Waals surface area contributed by atoms with Crippen LogP contribution < -0.4 is 5.32 Å². The molecule has 0 rings (SSSR count). The van der Waals surface area contributed by atoms with Crippen LogP contribution >= 0.6 is 23.5 Å². The maximum Gasteiger partial charge on any atom is 0.326 e. The van der Waals surface area contributed by atoms with Crippen molar-refractivity contribution in [2.75, 3.05) is 24.0 Å². The summed E-state index contributed by atoms with van der Waals surface area (Å²) < 4.78 is 0. The van der Waals surface area contributed by atoms with E-state index < -0.39 is 12.0 Å². The van der Waals surface area contributed by atoms with Crippen LogP contribution in [-0.4, -0.2) is 47.0 Å². The van der Waals surface area contributed by atoms with E-state index >= 15 is 0 Å². The van der Waals surface area contributed by atoms with E-state index in [0.717, 1.165) is 5.75 Å². The number of carbonyl (C=O) groups is 2. The second kappa shape index (κ2) is 7.99. The van der Waals surface area contributed by atoms with Crippen LogP contribution in [0.4, 0.5) is 0 Å². The summed E-state index contributed by atoms with van der Waals surface area (Å²) in [6, 6.07) is -0.748. The third-order valence-corrected chi connectivity index (χ3v) is 2.71. The molecule has 0 unspecified atom stereocenters. The summed E-state index contributed by atoms with van der Waals surface area (Å²) in [4.78, 5) is 21.8. The summed E-state index contributed by atoms with van der Waals surface area (Å²) in [6.07, 6.45) is 4.18. The zero-order chi connectivity index (χ0) is 11.0. The Hall–Kier alpha value is -0.360. The number of carbonyl (C=O) groups excluding carboxylic acids is 1. The molecule has 6 heteroatoms. The van der Waals surface area contributed by atoms with Gasteiger partial charge in [-0.2, -0.15) is 23.5 Å². The molecule has 0 aromatic heterocycles. The molecular formula is C8H15NO3S2. The maximum absolute atomic E-state index is 11.1. The Bertz CT molecular complexity index is 199. The second-order valence-electron chi connectivity index (χ2n) is 2.67. The summed E-state index contributed by atoms with van der Waals surface area (Å²) in [7, 11) is 0. The Kier molecular flexibility index (Phi) is 7.78. The number of hydrogen-bond acceptors (Lipinski definition) is 4. The van der Waals surface area contributed by atoms with Gasteiger partial charge in [0.05, 0.1) is 5.75 Å². The Morgan fingerprint density at radius 3 is 2.43 bits per heavy atom. The van der Waals surface area contributed by atoms with Gasteiger partial charge >= 0.3 is 5.97 Å². The van der Waals surface area contributed by atoms with Crippen LogP contribution in [0.15, 0.2) is 0 Å². The number of aliphatic carboxylic acids is 1. The van der Waals surface area contributed by atoms with Crippen LogP contribution in [0.25, 0.3) is 0 Å². The van der Waals surface area contributed by atoms with Crippen molar-refractivity contribution in [1.29, 1.82) is 0 Å². The molecule has 1 atom stereocenters. The standard InChI is InChI=1S/C8H15NO3S2/c1-13-4-3-6(8(11)12)9-7(10)5-14-2/h6H,3-5H2,1-2H3,(H,9,10)(H,11,12)/t6-/m0/s1. The molecule has 0 heterocycles. The van der Waals surface area contributed by atoms with Gasteiger partial charge in [-0.15, -0.1) is 0 Å². The molecule has 14 heavy (non-hydrogen) atoms. The van der Waals surface area contributed by atoms with E-state index in [-0.39, 0.29) is 5.91 Å². The van der Waals surface area contributed by atoms with Crippen molar-refractivity contribution in [3.63, 3.8) is 0 Å². The minimum Gasteiger partial charge on any atom is -0.480 e. The van der Waals surface area contributed by atoms with Gasteiger partial charge < -0.3 is 10.4 Å². The van der Waals surface area contributed by atoms with E-state index in [1.54, 1.807) is 18.0 Å². The maximum atomic E-state index is 11.1. The van der Waals surface area contributed by atoms with E-state index in [9.17, 15) is 9.59 Å². The number of carboxylic acid groups (broad SMARTS) is 1. The summed E-state index contributed by atoms with van der Waals surface area (Å²) in [5.41, 5.74) is 0. The topological polar surface area (TPSA) is 66.4 Å². The van der Waals surface area contributed by atoms with Crippen molar-refractivity contribution >= 4 is 35.4 Å². The van der Waals surface area contributed by atoms with Gasteiger partial charge in [-0.1, -0.05) is 0 Å². The minimum atomic E-state index is -0.964. The zero-order valence-corrected chi connectivity index (χ0v) is 9.91. The normalized spacial score (nSPS) is 12.1. The number of hydrogen-bond donors (Lipinski definition) is 2. The lowest BCUT2D eigenvalue weighted by atomic mass is 10.2. The smallest absolute Gasteiger partial charge is 0.326 e. The largest absolute Gasteiger partial charge is 0.480 e. The van der Waals surface area contributed by atoms with Gasteiger partial charge in [0, 0.05) is 0 Å². The van der Waals surface area contributed by atoms with Crippen molar-refractivity contribution in [3.8, 4) is 0 Å². The first-order valence-corrected chi connectivity index (χ1v) is 6.90. The molecule has 0 saturated carbocycles. The molecule has 0 aliphatic rings. The highest BCUT2D eigenvalue weighted by molar-refractivity contribution is 7.99. The van der Waals surface area contributed by atoms with Crippen molar-refractivity contribution in [2.24, 2.45) is 0 Å². The fourth-order valence-corrected chi connectivity index (χ4v) is 1.68.